The molecule has 0 saturated carbocycles. The Hall–Kier alpha value is -1.65. The molecule has 2 rings (SSSR count). The fraction of sp³-hybridized carbons (Fsp3) is 0.133. The number of carbonyl (C=O) groups is 1. The van der Waals surface area contributed by atoms with Crippen molar-refractivity contribution < 1.29 is 9.18 Å². The van der Waals surface area contributed by atoms with Gasteiger partial charge in [-0.15, -0.1) is 17.9 Å². The molecule has 0 radical (unpaired) electrons. The zero-order valence-corrected chi connectivity index (χ0v) is 12.3. The van der Waals surface area contributed by atoms with Crippen molar-refractivity contribution in [3.05, 3.63) is 69.6 Å². The van der Waals surface area contributed by atoms with Crippen molar-refractivity contribution in [2.75, 3.05) is 6.54 Å². The van der Waals surface area contributed by atoms with E-state index in [1.807, 2.05) is 6.07 Å². The summed E-state index contributed by atoms with van der Waals surface area (Å²) in [5.41, 5.74) is 0.455. The lowest BCUT2D eigenvalue weighted by Gasteiger charge is -2.20. The number of hydrogen-bond acceptors (Lipinski definition) is 2. The number of carbonyl (C=O) groups excluding carboxylic acids is 1. The Kier molecular flexibility index (Phi) is 4.93. The minimum absolute atomic E-state index is 0.158. The number of thiophene rings is 1. The van der Waals surface area contributed by atoms with Gasteiger partial charge in [0.2, 0.25) is 0 Å². The largest absolute Gasteiger partial charge is 0.330 e. The van der Waals surface area contributed by atoms with Crippen LogP contribution in [0.25, 0.3) is 0 Å². The molecule has 0 aliphatic heterocycles. The second-order valence-corrected chi connectivity index (χ2v) is 5.99. The fourth-order valence-corrected chi connectivity index (χ4v) is 2.88. The number of halogens is 2. The molecule has 0 saturated heterocycles. The maximum absolute atomic E-state index is 12.9. The Morgan fingerprint density at radius 2 is 2.00 bits per heavy atom. The molecule has 2 aromatic rings. The summed E-state index contributed by atoms with van der Waals surface area (Å²) in [5, 5.41) is 0. The highest BCUT2D eigenvalue weighted by atomic mass is 35.5. The smallest absolute Gasteiger partial charge is 0.254 e. The molecule has 2 nitrogen and oxygen atoms in total. The fourth-order valence-electron chi connectivity index (χ4n) is 1.77. The summed E-state index contributed by atoms with van der Waals surface area (Å²) < 4.78 is 13.6. The van der Waals surface area contributed by atoms with Gasteiger partial charge in [-0.3, -0.25) is 4.79 Å². The number of nitrogens with zero attached hydrogens (tertiary/aromatic N) is 1. The van der Waals surface area contributed by atoms with Crippen molar-refractivity contribution in [1.29, 1.82) is 0 Å². The molecule has 0 atom stereocenters. The average molecular weight is 310 g/mol. The summed E-state index contributed by atoms with van der Waals surface area (Å²) in [6.07, 6.45) is 1.66. The van der Waals surface area contributed by atoms with Gasteiger partial charge in [0.15, 0.2) is 0 Å². The van der Waals surface area contributed by atoms with Crippen molar-refractivity contribution in [2.45, 2.75) is 6.54 Å². The first-order chi connectivity index (χ1) is 9.60. The Labute approximate surface area is 126 Å². The maximum atomic E-state index is 12.9. The second-order valence-electron chi connectivity index (χ2n) is 4.19. The van der Waals surface area contributed by atoms with E-state index in [1.54, 1.807) is 17.0 Å². The van der Waals surface area contributed by atoms with Crippen LogP contribution in [0.1, 0.15) is 15.2 Å². The van der Waals surface area contributed by atoms with Crippen molar-refractivity contribution in [2.24, 2.45) is 0 Å². The van der Waals surface area contributed by atoms with Gasteiger partial charge in [-0.2, -0.15) is 0 Å². The standard InChI is InChI=1S/C15H13ClFNOS/c1-2-9-18(10-13-7-8-14(16)20-13)15(19)11-3-5-12(17)6-4-11/h2-8H,1,9-10H2. The van der Waals surface area contributed by atoms with Crippen LogP contribution in [-0.2, 0) is 6.54 Å². The molecular formula is C15H13ClFNOS. The van der Waals surface area contributed by atoms with Crippen LogP contribution in [0.3, 0.4) is 0 Å². The van der Waals surface area contributed by atoms with Crippen molar-refractivity contribution in [3.8, 4) is 0 Å². The van der Waals surface area contributed by atoms with Crippen LogP contribution >= 0.6 is 22.9 Å². The number of amides is 1. The molecule has 0 N–H and O–H groups in total. The van der Waals surface area contributed by atoms with E-state index < -0.39 is 0 Å². The van der Waals surface area contributed by atoms with Crippen LogP contribution in [0.4, 0.5) is 4.39 Å². The lowest BCUT2D eigenvalue weighted by molar-refractivity contribution is 0.0764. The molecule has 0 aliphatic rings. The second kappa shape index (κ2) is 6.68. The third-order valence-electron chi connectivity index (χ3n) is 2.70. The first-order valence-electron chi connectivity index (χ1n) is 6.00. The molecule has 0 spiro atoms. The number of hydrogen-bond donors (Lipinski definition) is 0. The summed E-state index contributed by atoms with van der Waals surface area (Å²) in [6.45, 7) is 4.54. The molecule has 1 aromatic heterocycles. The third kappa shape index (κ3) is 3.68. The van der Waals surface area contributed by atoms with E-state index >= 15 is 0 Å². The molecule has 0 unspecified atom stereocenters. The Balaban J connectivity index is 2.17. The zero-order valence-electron chi connectivity index (χ0n) is 10.7. The maximum Gasteiger partial charge on any atom is 0.254 e. The van der Waals surface area contributed by atoms with E-state index in [-0.39, 0.29) is 11.7 Å². The van der Waals surface area contributed by atoms with Gasteiger partial charge < -0.3 is 4.90 Å². The monoisotopic (exact) mass is 309 g/mol. The molecular weight excluding hydrogens is 297 g/mol. The van der Waals surface area contributed by atoms with Crippen LogP contribution in [-0.4, -0.2) is 17.4 Å². The average Bonchev–Trinajstić information content (AvgIpc) is 2.84. The third-order valence-corrected chi connectivity index (χ3v) is 3.92. The van der Waals surface area contributed by atoms with Crippen molar-refractivity contribution >= 4 is 28.8 Å². The molecule has 1 amide bonds. The summed E-state index contributed by atoms with van der Waals surface area (Å²) in [4.78, 5) is 15.0. The Morgan fingerprint density at radius 1 is 1.30 bits per heavy atom. The Bertz CT molecular complexity index is 609. The molecule has 1 aromatic carbocycles. The minimum atomic E-state index is -0.359. The first kappa shape index (κ1) is 14.8. The lowest BCUT2D eigenvalue weighted by Crippen LogP contribution is -2.30. The van der Waals surface area contributed by atoms with Gasteiger partial charge >= 0.3 is 0 Å². The predicted molar refractivity (Wildman–Crippen MR) is 80.7 cm³/mol. The van der Waals surface area contributed by atoms with Crippen LogP contribution < -0.4 is 0 Å². The van der Waals surface area contributed by atoms with E-state index in [0.29, 0.717) is 23.0 Å². The highest BCUT2D eigenvalue weighted by Gasteiger charge is 2.15. The SMILES string of the molecule is C=CCN(Cc1ccc(Cl)s1)C(=O)c1ccc(F)cc1. The highest BCUT2D eigenvalue weighted by molar-refractivity contribution is 7.16. The quantitative estimate of drug-likeness (QED) is 0.751. The van der Waals surface area contributed by atoms with Gasteiger partial charge in [-0.1, -0.05) is 17.7 Å². The van der Waals surface area contributed by atoms with E-state index in [4.69, 9.17) is 11.6 Å². The van der Waals surface area contributed by atoms with Crippen LogP contribution in [0.5, 0.6) is 0 Å². The van der Waals surface area contributed by atoms with Crippen LogP contribution in [0.15, 0.2) is 49.1 Å². The van der Waals surface area contributed by atoms with Gasteiger partial charge in [-0.25, -0.2) is 4.39 Å². The lowest BCUT2D eigenvalue weighted by atomic mass is 10.2. The van der Waals surface area contributed by atoms with Gasteiger partial charge in [-0.05, 0) is 36.4 Å². The Morgan fingerprint density at radius 3 is 2.55 bits per heavy atom. The summed E-state index contributed by atoms with van der Waals surface area (Å²) in [6, 6.07) is 9.21. The topological polar surface area (TPSA) is 20.3 Å². The molecule has 0 bridgehead atoms. The molecule has 5 heteroatoms. The molecule has 20 heavy (non-hydrogen) atoms. The van der Waals surface area contributed by atoms with Crippen molar-refractivity contribution in [1.82, 2.24) is 4.90 Å². The highest BCUT2D eigenvalue weighted by Crippen LogP contribution is 2.23. The van der Waals surface area contributed by atoms with E-state index in [1.165, 1.54) is 35.6 Å². The van der Waals surface area contributed by atoms with Crippen LogP contribution in [0, 0.1) is 5.82 Å². The predicted octanol–water partition coefficient (Wildman–Crippen LogP) is 4.37. The zero-order chi connectivity index (χ0) is 14.5. The van der Waals surface area contributed by atoms with Gasteiger partial charge in [0.1, 0.15) is 5.82 Å². The van der Waals surface area contributed by atoms with E-state index in [9.17, 15) is 9.18 Å². The van der Waals surface area contributed by atoms with Crippen molar-refractivity contribution in [3.63, 3.8) is 0 Å². The summed E-state index contributed by atoms with van der Waals surface area (Å²) in [7, 11) is 0. The molecule has 104 valence electrons. The van der Waals surface area contributed by atoms with Gasteiger partial charge in [0.05, 0.1) is 10.9 Å². The number of rotatable bonds is 5. The van der Waals surface area contributed by atoms with E-state index in [0.717, 1.165) is 4.88 Å². The van der Waals surface area contributed by atoms with E-state index in [2.05, 4.69) is 6.58 Å². The minimum Gasteiger partial charge on any atom is -0.330 e. The van der Waals surface area contributed by atoms with Crippen LogP contribution in [0.2, 0.25) is 4.34 Å². The molecule has 0 aliphatic carbocycles. The first-order valence-corrected chi connectivity index (χ1v) is 7.19. The van der Waals surface area contributed by atoms with Gasteiger partial charge in [0.25, 0.3) is 5.91 Å². The normalized spacial score (nSPS) is 10.3. The number of benzene rings is 1. The molecule has 0 fully saturated rings. The molecule has 1 heterocycles. The summed E-state index contributed by atoms with van der Waals surface area (Å²) >= 11 is 7.32. The summed E-state index contributed by atoms with van der Waals surface area (Å²) in [5.74, 6) is -0.517. The van der Waals surface area contributed by atoms with Gasteiger partial charge in [0, 0.05) is 17.0 Å².